The standard InChI is InChI=1S/C15H11N3O3/c19-13(14(20)15-16-9-17-18-15)6-11-7-21-8-12(11)10-4-2-1-3-5-10/h1-5,7-9H,6H2,(H,16,17,18). The summed E-state index contributed by atoms with van der Waals surface area (Å²) < 4.78 is 5.17. The number of H-pyrrole nitrogens is 1. The number of furan rings is 1. The van der Waals surface area contributed by atoms with Gasteiger partial charge in [-0.25, -0.2) is 4.98 Å². The van der Waals surface area contributed by atoms with Gasteiger partial charge in [0.05, 0.1) is 12.5 Å². The maximum atomic E-state index is 12.0. The summed E-state index contributed by atoms with van der Waals surface area (Å²) in [5.41, 5.74) is 2.40. The van der Waals surface area contributed by atoms with Crippen LogP contribution < -0.4 is 0 Å². The van der Waals surface area contributed by atoms with Gasteiger partial charge in [0.2, 0.25) is 5.78 Å². The van der Waals surface area contributed by atoms with Gasteiger partial charge in [-0.2, -0.15) is 5.10 Å². The van der Waals surface area contributed by atoms with E-state index in [2.05, 4.69) is 15.2 Å². The first-order valence-corrected chi connectivity index (χ1v) is 6.29. The van der Waals surface area contributed by atoms with E-state index in [0.717, 1.165) is 11.1 Å². The summed E-state index contributed by atoms with van der Waals surface area (Å²) in [6.45, 7) is 0. The molecule has 0 unspecified atom stereocenters. The number of carbonyl (C=O) groups is 2. The van der Waals surface area contributed by atoms with E-state index in [9.17, 15) is 9.59 Å². The first kappa shape index (κ1) is 13.0. The molecule has 0 fully saturated rings. The van der Waals surface area contributed by atoms with Crippen molar-refractivity contribution in [1.82, 2.24) is 15.2 Å². The van der Waals surface area contributed by atoms with Crippen LogP contribution in [-0.2, 0) is 11.2 Å². The molecule has 6 heteroatoms. The van der Waals surface area contributed by atoms with Crippen molar-refractivity contribution in [2.24, 2.45) is 0 Å². The summed E-state index contributed by atoms with van der Waals surface area (Å²) in [5, 5.41) is 5.95. The molecule has 6 nitrogen and oxygen atoms in total. The third-order valence-electron chi connectivity index (χ3n) is 3.06. The van der Waals surface area contributed by atoms with Gasteiger partial charge in [0.1, 0.15) is 6.33 Å². The highest BCUT2D eigenvalue weighted by molar-refractivity contribution is 6.43. The average Bonchev–Trinajstić information content (AvgIpc) is 3.19. The molecule has 0 spiro atoms. The van der Waals surface area contributed by atoms with Crippen molar-refractivity contribution in [1.29, 1.82) is 0 Å². The van der Waals surface area contributed by atoms with Gasteiger partial charge in [-0.15, -0.1) is 0 Å². The molecule has 0 bridgehead atoms. The summed E-state index contributed by atoms with van der Waals surface area (Å²) in [6.07, 6.45) is 4.19. The van der Waals surface area contributed by atoms with Crippen molar-refractivity contribution in [2.75, 3.05) is 0 Å². The van der Waals surface area contributed by atoms with Crippen molar-refractivity contribution in [3.63, 3.8) is 0 Å². The molecule has 0 saturated heterocycles. The first-order chi connectivity index (χ1) is 10.3. The maximum absolute atomic E-state index is 12.0. The maximum Gasteiger partial charge on any atom is 0.265 e. The van der Waals surface area contributed by atoms with Crippen LogP contribution in [-0.4, -0.2) is 26.7 Å². The van der Waals surface area contributed by atoms with E-state index in [4.69, 9.17) is 4.42 Å². The second-order valence-corrected chi connectivity index (χ2v) is 4.44. The Bertz CT molecular complexity index is 761. The number of ketones is 2. The Kier molecular flexibility index (Phi) is 3.42. The zero-order valence-corrected chi connectivity index (χ0v) is 10.9. The van der Waals surface area contributed by atoms with E-state index < -0.39 is 11.6 Å². The highest BCUT2D eigenvalue weighted by atomic mass is 16.3. The van der Waals surface area contributed by atoms with Gasteiger partial charge in [-0.3, -0.25) is 14.7 Å². The highest BCUT2D eigenvalue weighted by Gasteiger charge is 2.21. The Hall–Kier alpha value is -3.02. The minimum Gasteiger partial charge on any atom is -0.472 e. The Morgan fingerprint density at radius 3 is 2.67 bits per heavy atom. The quantitative estimate of drug-likeness (QED) is 0.571. The fourth-order valence-electron chi connectivity index (χ4n) is 2.03. The molecule has 0 saturated carbocycles. The molecule has 1 N–H and O–H groups in total. The highest BCUT2D eigenvalue weighted by Crippen LogP contribution is 2.25. The lowest BCUT2D eigenvalue weighted by Gasteiger charge is -2.01. The number of rotatable bonds is 5. The zero-order valence-electron chi connectivity index (χ0n) is 10.9. The van der Waals surface area contributed by atoms with E-state index >= 15 is 0 Å². The molecule has 3 aromatic rings. The fraction of sp³-hybridized carbons (Fsp3) is 0.0667. The Morgan fingerprint density at radius 1 is 1.14 bits per heavy atom. The van der Waals surface area contributed by atoms with Crippen molar-refractivity contribution in [2.45, 2.75) is 6.42 Å². The molecule has 3 rings (SSSR count). The minimum absolute atomic E-state index is 0.0414. The molecular weight excluding hydrogens is 270 g/mol. The summed E-state index contributed by atoms with van der Waals surface area (Å²) in [6, 6.07) is 9.53. The summed E-state index contributed by atoms with van der Waals surface area (Å²) in [7, 11) is 0. The SMILES string of the molecule is O=C(Cc1cocc1-c1ccccc1)C(=O)c1ncn[nH]1. The topological polar surface area (TPSA) is 88.8 Å². The smallest absolute Gasteiger partial charge is 0.265 e. The zero-order chi connectivity index (χ0) is 14.7. The number of nitrogens with zero attached hydrogens (tertiary/aromatic N) is 2. The Balaban J connectivity index is 1.82. The second kappa shape index (κ2) is 5.54. The largest absolute Gasteiger partial charge is 0.472 e. The van der Waals surface area contributed by atoms with E-state index in [1.165, 1.54) is 12.6 Å². The van der Waals surface area contributed by atoms with Crippen LogP contribution in [0.15, 0.2) is 53.6 Å². The molecule has 0 amide bonds. The van der Waals surface area contributed by atoms with Crippen molar-refractivity contribution in [3.8, 4) is 11.1 Å². The van der Waals surface area contributed by atoms with Crippen molar-refractivity contribution < 1.29 is 14.0 Å². The van der Waals surface area contributed by atoms with Crippen LogP contribution in [0, 0.1) is 0 Å². The van der Waals surface area contributed by atoms with Crippen LogP contribution in [0.25, 0.3) is 11.1 Å². The number of nitrogens with one attached hydrogen (secondary N) is 1. The van der Waals surface area contributed by atoms with Crippen LogP contribution in [0.2, 0.25) is 0 Å². The molecular formula is C15H11N3O3. The fourth-order valence-corrected chi connectivity index (χ4v) is 2.03. The number of aromatic amines is 1. The lowest BCUT2D eigenvalue weighted by atomic mass is 10.00. The average molecular weight is 281 g/mol. The van der Waals surface area contributed by atoms with Crippen molar-refractivity contribution >= 4 is 11.6 Å². The van der Waals surface area contributed by atoms with Gasteiger partial charge in [-0.05, 0) is 5.56 Å². The van der Waals surface area contributed by atoms with E-state index in [0.29, 0.717) is 5.56 Å². The number of benzene rings is 1. The molecule has 0 aliphatic rings. The number of aromatic nitrogens is 3. The predicted molar refractivity (Wildman–Crippen MR) is 73.6 cm³/mol. The second-order valence-electron chi connectivity index (χ2n) is 4.44. The van der Waals surface area contributed by atoms with Crippen molar-refractivity contribution in [3.05, 3.63) is 60.6 Å². The van der Waals surface area contributed by atoms with Crippen LogP contribution in [0.5, 0.6) is 0 Å². The number of Topliss-reactive ketones (excluding diaryl/α,β-unsaturated/α-hetero) is 2. The van der Waals surface area contributed by atoms with E-state index in [-0.39, 0.29) is 12.2 Å². The molecule has 2 aromatic heterocycles. The lowest BCUT2D eigenvalue weighted by molar-refractivity contribution is -0.114. The van der Waals surface area contributed by atoms with Gasteiger partial charge in [0, 0.05) is 17.5 Å². The molecule has 0 aliphatic carbocycles. The number of carbonyl (C=O) groups excluding carboxylic acids is 2. The van der Waals surface area contributed by atoms with Gasteiger partial charge < -0.3 is 4.42 Å². The molecule has 2 heterocycles. The molecule has 0 aliphatic heterocycles. The molecule has 1 aromatic carbocycles. The van der Waals surface area contributed by atoms with Crippen LogP contribution in [0.3, 0.4) is 0 Å². The van der Waals surface area contributed by atoms with Crippen LogP contribution in [0.4, 0.5) is 0 Å². The third-order valence-corrected chi connectivity index (χ3v) is 3.06. The molecule has 21 heavy (non-hydrogen) atoms. The van der Waals surface area contributed by atoms with Gasteiger partial charge in [0.25, 0.3) is 5.78 Å². The molecule has 0 atom stereocenters. The Morgan fingerprint density at radius 2 is 1.95 bits per heavy atom. The third kappa shape index (κ3) is 2.64. The minimum atomic E-state index is -0.687. The number of hydrogen-bond acceptors (Lipinski definition) is 5. The summed E-state index contributed by atoms with van der Waals surface area (Å²) >= 11 is 0. The van der Waals surface area contributed by atoms with Crippen LogP contribution in [0.1, 0.15) is 16.2 Å². The first-order valence-electron chi connectivity index (χ1n) is 6.29. The predicted octanol–water partition coefficient (Wildman–Crippen LogP) is 2.06. The monoisotopic (exact) mass is 281 g/mol. The number of hydrogen-bond donors (Lipinski definition) is 1. The van der Waals surface area contributed by atoms with Crippen LogP contribution >= 0.6 is 0 Å². The lowest BCUT2D eigenvalue weighted by Crippen LogP contribution is -2.18. The van der Waals surface area contributed by atoms with Gasteiger partial charge in [0.15, 0.2) is 5.82 Å². The molecule has 0 radical (unpaired) electrons. The normalized spacial score (nSPS) is 10.5. The van der Waals surface area contributed by atoms with Gasteiger partial charge >= 0.3 is 0 Å². The Labute approximate surface area is 119 Å². The van der Waals surface area contributed by atoms with Gasteiger partial charge in [-0.1, -0.05) is 30.3 Å². The summed E-state index contributed by atoms with van der Waals surface area (Å²) in [5.74, 6) is -1.30. The molecule has 104 valence electrons. The van der Waals surface area contributed by atoms with E-state index in [1.54, 1.807) is 6.26 Å². The summed E-state index contributed by atoms with van der Waals surface area (Å²) in [4.78, 5) is 27.6. The van der Waals surface area contributed by atoms with E-state index in [1.807, 2.05) is 30.3 Å².